The van der Waals surface area contributed by atoms with Crippen molar-refractivity contribution in [3.63, 3.8) is 0 Å². The first-order valence-corrected chi connectivity index (χ1v) is 22.7. The average molecular weight is 775 g/mol. The summed E-state index contributed by atoms with van der Waals surface area (Å²) in [6.45, 7) is 2.54. The van der Waals surface area contributed by atoms with Crippen LogP contribution in [0.15, 0.2) is 5.11 Å². The van der Waals surface area contributed by atoms with Crippen molar-refractivity contribution in [3.05, 3.63) is 10.4 Å². The summed E-state index contributed by atoms with van der Waals surface area (Å²) in [5.41, 5.74) is 8.29. The highest BCUT2D eigenvalue weighted by Gasteiger charge is 2.21. The smallest absolute Gasteiger partial charge is 0.306 e. The highest BCUT2D eigenvalue weighted by Crippen LogP contribution is 2.38. The molecule has 0 aliphatic rings. The Morgan fingerprint density at radius 1 is 0.642 bits per heavy atom. The number of hydrogen-bond donors (Lipinski definition) is 0. The Kier molecular flexibility index (Phi) is 34.8. The van der Waals surface area contributed by atoms with Gasteiger partial charge in [-0.2, -0.15) is 0 Å². The normalized spacial score (nSPS) is 13.3. The van der Waals surface area contributed by atoms with Crippen molar-refractivity contribution >= 4 is 19.8 Å². The van der Waals surface area contributed by atoms with Crippen molar-refractivity contribution in [1.29, 1.82) is 0 Å². The lowest BCUT2D eigenvalue weighted by Gasteiger charge is -2.28. The zero-order chi connectivity index (χ0) is 39.3. The lowest BCUT2D eigenvalue weighted by atomic mass is 10.0. The number of azide groups is 1. The molecule has 0 aromatic heterocycles. The summed E-state index contributed by atoms with van der Waals surface area (Å²) in [5, 5.41) is 3.57. The SMILES string of the molecule is CCCCCCCCCCCCCCCC(=O)OCC(COP(=O)([O-])OCC[N+](C)(C)C)OC(=O)CCCCCCCCCCCCCCCN=[N+]=[N-]. The summed E-state index contributed by atoms with van der Waals surface area (Å²) in [5.74, 6) is -0.854. The summed E-state index contributed by atoms with van der Waals surface area (Å²) >= 11 is 0. The predicted molar refractivity (Wildman–Crippen MR) is 212 cm³/mol. The number of quaternary nitrogens is 1. The molecule has 0 amide bonds. The molecule has 12 nitrogen and oxygen atoms in total. The van der Waals surface area contributed by atoms with Crippen molar-refractivity contribution in [1.82, 2.24) is 0 Å². The molecular weight excluding hydrogens is 695 g/mol. The van der Waals surface area contributed by atoms with Crippen molar-refractivity contribution in [2.45, 2.75) is 193 Å². The quantitative estimate of drug-likeness (QED) is 0.0113. The van der Waals surface area contributed by atoms with Crippen LogP contribution in [0, 0.1) is 0 Å². The van der Waals surface area contributed by atoms with Crippen LogP contribution in [-0.4, -0.2) is 76.6 Å². The largest absolute Gasteiger partial charge is 0.756 e. The van der Waals surface area contributed by atoms with Crippen LogP contribution in [0.25, 0.3) is 10.4 Å². The number of carbonyl (C=O) groups excluding carboxylic acids is 2. The molecule has 0 aromatic rings. The number of ether oxygens (including phenoxy) is 2. The van der Waals surface area contributed by atoms with Crippen molar-refractivity contribution < 1.29 is 42.1 Å². The van der Waals surface area contributed by atoms with Crippen LogP contribution >= 0.6 is 7.82 Å². The fraction of sp³-hybridized carbons (Fsp3) is 0.950. The van der Waals surface area contributed by atoms with Crippen LogP contribution < -0.4 is 4.89 Å². The van der Waals surface area contributed by atoms with Gasteiger partial charge in [0.05, 0.1) is 27.7 Å². The van der Waals surface area contributed by atoms with E-state index in [0.717, 1.165) is 51.4 Å². The first-order chi connectivity index (χ1) is 25.5. The number of likely N-dealkylation sites (N-methyl/N-ethyl adjacent to an activating group) is 1. The number of nitrogens with zero attached hydrogens (tertiary/aromatic N) is 4. The van der Waals surface area contributed by atoms with Gasteiger partial charge in [0.1, 0.15) is 19.8 Å². The van der Waals surface area contributed by atoms with Gasteiger partial charge in [0.2, 0.25) is 0 Å². The molecule has 0 bridgehead atoms. The van der Waals surface area contributed by atoms with Crippen molar-refractivity contribution in [2.24, 2.45) is 5.11 Å². The Balaban J connectivity index is 4.32. The van der Waals surface area contributed by atoms with Gasteiger partial charge in [0, 0.05) is 24.3 Å². The van der Waals surface area contributed by atoms with Gasteiger partial charge >= 0.3 is 11.9 Å². The van der Waals surface area contributed by atoms with Gasteiger partial charge in [-0.25, -0.2) is 0 Å². The first-order valence-electron chi connectivity index (χ1n) is 21.3. The maximum absolute atomic E-state index is 12.6. The number of phosphoric acid groups is 1. The third-order valence-corrected chi connectivity index (χ3v) is 10.3. The molecule has 0 fully saturated rings. The zero-order valence-electron chi connectivity index (χ0n) is 34.4. The summed E-state index contributed by atoms with van der Waals surface area (Å²) in [7, 11) is 1.14. The molecule has 0 aromatic carbocycles. The molecular formula is C40H79N4O8P. The molecule has 0 heterocycles. The average Bonchev–Trinajstić information content (AvgIpc) is 3.10. The number of phosphoric ester groups is 1. The first kappa shape index (κ1) is 51.3. The van der Waals surface area contributed by atoms with Gasteiger partial charge in [-0.05, 0) is 24.8 Å². The Labute approximate surface area is 323 Å². The Hall–Kier alpha value is -1.68. The molecule has 0 N–H and O–H groups in total. The van der Waals surface area contributed by atoms with E-state index in [1.165, 1.54) is 109 Å². The van der Waals surface area contributed by atoms with Crippen molar-refractivity contribution in [3.8, 4) is 0 Å². The Morgan fingerprint density at radius 3 is 1.49 bits per heavy atom. The maximum Gasteiger partial charge on any atom is 0.306 e. The summed E-state index contributed by atoms with van der Waals surface area (Å²) in [4.78, 5) is 40.2. The van der Waals surface area contributed by atoms with Gasteiger partial charge < -0.3 is 27.9 Å². The van der Waals surface area contributed by atoms with E-state index in [9.17, 15) is 19.0 Å². The van der Waals surface area contributed by atoms with E-state index < -0.39 is 32.5 Å². The predicted octanol–water partition coefficient (Wildman–Crippen LogP) is 10.9. The van der Waals surface area contributed by atoms with Crippen LogP contribution in [-0.2, 0) is 32.7 Å². The minimum Gasteiger partial charge on any atom is -0.756 e. The van der Waals surface area contributed by atoms with Crippen LogP contribution in [0.2, 0.25) is 0 Å². The van der Waals surface area contributed by atoms with Gasteiger partial charge in [-0.1, -0.05) is 160 Å². The summed E-state index contributed by atoms with van der Waals surface area (Å²) in [6, 6.07) is 0. The maximum atomic E-state index is 12.6. The van der Waals surface area contributed by atoms with Gasteiger partial charge in [-0.15, -0.1) is 0 Å². The van der Waals surface area contributed by atoms with Gasteiger partial charge in [-0.3, -0.25) is 14.2 Å². The zero-order valence-corrected chi connectivity index (χ0v) is 35.3. The van der Waals surface area contributed by atoms with Crippen LogP contribution in [0.3, 0.4) is 0 Å². The number of rotatable bonds is 40. The number of unbranched alkanes of at least 4 members (excludes halogenated alkanes) is 24. The molecule has 2 atom stereocenters. The van der Waals surface area contributed by atoms with E-state index in [0.29, 0.717) is 24.0 Å². The monoisotopic (exact) mass is 775 g/mol. The highest BCUT2D eigenvalue weighted by molar-refractivity contribution is 7.45. The molecule has 0 rings (SSSR count). The standard InChI is InChI=1S/C40H79N4O8P/c1-5-6-7-8-9-10-11-13-16-19-22-25-28-31-39(45)49-36-38(37-51-53(47,48)50-35-34-44(2,3)4)52-40(46)32-29-26-23-20-17-14-12-15-18-21-24-27-30-33-42-43-41/h38H,5-37H2,1-4H3. The summed E-state index contributed by atoms with van der Waals surface area (Å²) in [6.07, 6.45) is 29.7. The third kappa shape index (κ3) is 39.8. The minimum absolute atomic E-state index is 0.0366. The lowest BCUT2D eigenvalue weighted by molar-refractivity contribution is -0.870. The molecule has 0 radical (unpaired) electrons. The molecule has 2 unspecified atom stereocenters. The fourth-order valence-electron chi connectivity index (χ4n) is 5.99. The third-order valence-electron chi connectivity index (χ3n) is 9.35. The molecule has 0 aliphatic carbocycles. The molecule has 53 heavy (non-hydrogen) atoms. The number of carbonyl (C=O) groups is 2. The number of hydrogen-bond acceptors (Lipinski definition) is 9. The Morgan fingerprint density at radius 2 is 1.06 bits per heavy atom. The second-order valence-electron chi connectivity index (χ2n) is 15.7. The van der Waals surface area contributed by atoms with Crippen molar-refractivity contribution in [2.75, 3.05) is 54.1 Å². The minimum atomic E-state index is -4.63. The molecule has 0 spiro atoms. The van der Waals surface area contributed by atoms with E-state index in [2.05, 4.69) is 16.9 Å². The topological polar surface area (TPSA) is 160 Å². The Bertz CT molecular complexity index is 975. The van der Waals surface area contributed by atoms with E-state index in [1.54, 1.807) is 0 Å². The lowest BCUT2D eigenvalue weighted by Crippen LogP contribution is -2.37. The van der Waals surface area contributed by atoms with E-state index in [4.69, 9.17) is 24.1 Å². The van der Waals surface area contributed by atoms with E-state index in [1.807, 2.05) is 21.1 Å². The van der Waals surface area contributed by atoms with E-state index in [-0.39, 0.29) is 26.1 Å². The van der Waals surface area contributed by atoms with Crippen LogP contribution in [0.4, 0.5) is 0 Å². The number of esters is 2. The highest BCUT2D eigenvalue weighted by atomic mass is 31.2. The van der Waals surface area contributed by atoms with Crippen LogP contribution in [0.1, 0.15) is 187 Å². The van der Waals surface area contributed by atoms with Gasteiger partial charge in [0.25, 0.3) is 7.82 Å². The molecule has 13 heteroatoms. The van der Waals surface area contributed by atoms with Gasteiger partial charge in [0.15, 0.2) is 6.10 Å². The summed E-state index contributed by atoms with van der Waals surface area (Å²) < 4.78 is 33.8. The second-order valence-corrected chi connectivity index (χ2v) is 17.1. The second kappa shape index (κ2) is 36.0. The molecule has 312 valence electrons. The fourth-order valence-corrected chi connectivity index (χ4v) is 6.71. The van der Waals surface area contributed by atoms with E-state index >= 15 is 0 Å². The van der Waals surface area contributed by atoms with Crippen LogP contribution in [0.5, 0.6) is 0 Å². The molecule has 0 saturated carbocycles. The molecule has 0 aliphatic heterocycles. The molecule has 0 saturated heterocycles.